The van der Waals surface area contributed by atoms with E-state index in [1.54, 1.807) is 31.3 Å². The Labute approximate surface area is 193 Å². The molecule has 0 saturated heterocycles. The van der Waals surface area contributed by atoms with E-state index < -0.39 is 23.1 Å². The Morgan fingerprint density at radius 3 is 2.41 bits per heavy atom. The van der Waals surface area contributed by atoms with Crippen molar-refractivity contribution in [2.75, 3.05) is 7.11 Å². The number of hydrogen-bond acceptors (Lipinski definition) is 6. The first-order valence-electron chi connectivity index (χ1n) is 10.6. The van der Waals surface area contributed by atoms with Crippen LogP contribution >= 0.6 is 0 Å². The van der Waals surface area contributed by atoms with E-state index in [4.69, 9.17) is 9.47 Å². The van der Waals surface area contributed by atoms with Crippen molar-refractivity contribution in [3.63, 3.8) is 0 Å². The molecule has 0 saturated carbocycles. The van der Waals surface area contributed by atoms with Crippen molar-refractivity contribution in [3.05, 3.63) is 91.1 Å². The Morgan fingerprint density at radius 2 is 1.74 bits per heavy atom. The van der Waals surface area contributed by atoms with Gasteiger partial charge >= 0.3 is 11.7 Å². The summed E-state index contributed by atoms with van der Waals surface area (Å²) in [5.41, 5.74) is 2.52. The minimum absolute atomic E-state index is 0.0488. The molecule has 1 aliphatic carbocycles. The summed E-state index contributed by atoms with van der Waals surface area (Å²) in [7, 11) is 4.46. The van der Waals surface area contributed by atoms with Gasteiger partial charge in [0.2, 0.25) is 0 Å². The Morgan fingerprint density at radius 1 is 1.03 bits per heavy atom. The lowest BCUT2D eigenvalue weighted by molar-refractivity contribution is -0.364. The number of methoxy groups -OCH3 is 1. The fraction of sp³-hybridized carbons (Fsp3) is 0.200. The maximum absolute atomic E-state index is 13.4. The van der Waals surface area contributed by atoms with Gasteiger partial charge in [0.1, 0.15) is 17.0 Å². The van der Waals surface area contributed by atoms with Gasteiger partial charge in [-0.15, -0.1) is 0 Å². The lowest BCUT2D eigenvalue weighted by Crippen LogP contribution is -2.73. The lowest BCUT2D eigenvalue weighted by atomic mass is 9.81. The van der Waals surface area contributed by atoms with Crippen LogP contribution in [-0.4, -0.2) is 33.0 Å². The number of benzene rings is 2. The van der Waals surface area contributed by atoms with E-state index in [0.717, 1.165) is 10.1 Å². The van der Waals surface area contributed by atoms with Gasteiger partial charge in [0.15, 0.2) is 11.5 Å². The van der Waals surface area contributed by atoms with Gasteiger partial charge in [-0.3, -0.25) is 9.59 Å². The van der Waals surface area contributed by atoms with E-state index in [-0.39, 0.29) is 11.5 Å². The number of esters is 1. The van der Waals surface area contributed by atoms with Gasteiger partial charge in [0.25, 0.3) is 11.4 Å². The van der Waals surface area contributed by atoms with Crippen molar-refractivity contribution in [3.8, 4) is 11.5 Å². The molecule has 9 nitrogen and oxygen atoms in total. The zero-order valence-corrected chi connectivity index (χ0v) is 19.0. The van der Waals surface area contributed by atoms with Crippen molar-refractivity contribution in [1.82, 2.24) is 9.13 Å². The summed E-state index contributed by atoms with van der Waals surface area (Å²) in [6.07, 6.45) is 0. The third-order valence-electron chi connectivity index (χ3n) is 6.27. The van der Waals surface area contributed by atoms with Crippen LogP contribution in [0.4, 0.5) is 5.82 Å². The second-order valence-corrected chi connectivity index (χ2v) is 8.21. The third kappa shape index (κ3) is 2.93. The molecule has 2 N–H and O–H groups in total. The fourth-order valence-corrected chi connectivity index (χ4v) is 4.71. The molecule has 2 heterocycles. The van der Waals surface area contributed by atoms with Crippen LogP contribution in [0.5, 0.6) is 11.5 Å². The van der Waals surface area contributed by atoms with Crippen LogP contribution in [-0.2, 0) is 18.9 Å². The number of fused-ring (bicyclic) bond motifs is 4. The van der Waals surface area contributed by atoms with Crippen LogP contribution in [0.15, 0.2) is 57.6 Å². The zero-order valence-electron chi connectivity index (χ0n) is 19.0. The quantitative estimate of drug-likeness (QED) is 0.438. The molecule has 3 aromatic rings. The number of ether oxygens (including phenoxy) is 2. The second-order valence-electron chi connectivity index (χ2n) is 8.21. The lowest BCUT2D eigenvalue weighted by Gasteiger charge is -2.24. The van der Waals surface area contributed by atoms with Crippen molar-refractivity contribution in [2.45, 2.75) is 12.8 Å². The van der Waals surface area contributed by atoms with Gasteiger partial charge < -0.3 is 14.6 Å². The average molecular weight is 460 g/mol. The van der Waals surface area contributed by atoms with Crippen LogP contribution in [0.2, 0.25) is 0 Å². The molecule has 9 heteroatoms. The SMILES string of the molecule is COc1cc(C2C3=C(O)c4ccccc4C3=[NH+]c3c2c(=O)n(C)c(=O)n3C)ccc1OC(C)=O. The molecule has 1 unspecified atom stereocenters. The largest absolute Gasteiger partial charge is 0.507 e. The maximum atomic E-state index is 13.4. The summed E-state index contributed by atoms with van der Waals surface area (Å²) >= 11 is 0. The highest BCUT2D eigenvalue weighted by molar-refractivity contribution is 6.21. The molecule has 0 fully saturated rings. The third-order valence-corrected chi connectivity index (χ3v) is 6.27. The Balaban J connectivity index is 1.86. The first-order chi connectivity index (χ1) is 16.2. The molecule has 34 heavy (non-hydrogen) atoms. The molecular weight excluding hydrogens is 438 g/mol. The average Bonchev–Trinajstić information content (AvgIpc) is 3.12. The Kier molecular flexibility index (Phi) is 4.78. The van der Waals surface area contributed by atoms with E-state index in [2.05, 4.69) is 4.99 Å². The van der Waals surface area contributed by atoms with Crippen molar-refractivity contribution < 1.29 is 24.4 Å². The molecule has 0 amide bonds. The Bertz CT molecular complexity index is 1570. The molecule has 5 rings (SSSR count). The van der Waals surface area contributed by atoms with Crippen molar-refractivity contribution in [1.29, 1.82) is 0 Å². The molecule has 0 spiro atoms. The topological polar surface area (TPSA) is 114 Å². The number of carbonyl (C=O) groups excluding carboxylic acids is 1. The van der Waals surface area contributed by atoms with E-state index in [0.29, 0.717) is 39.5 Å². The zero-order chi connectivity index (χ0) is 24.3. The van der Waals surface area contributed by atoms with Gasteiger partial charge in [0.05, 0.1) is 25.6 Å². The number of aromatic nitrogens is 2. The van der Waals surface area contributed by atoms with Gasteiger partial charge in [-0.05, 0) is 23.8 Å². The first kappa shape index (κ1) is 21.4. The summed E-state index contributed by atoms with van der Waals surface area (Å²) < 4.78 is 13.1. The van der Waals surface area contributed by atoms with Crippen molar-refractivity contribution >= 4 is 23.3 Å². The van der Waals surface area contributed by atoms with E-state index in [9.17, 15) is 19.5 Å². The summed E-state index contributed by atoms with van der Waals surface area (Å²) in [5, 5.41) is 11.3. The maximum Gasteiger partial charge on any atom is 0.417 e. The molecule has 0 bridgehead atoms. The number of carbonyl (C=O) groups is 1. The smallest absolute Gasteiger partial charge is 0.417 e. The standard InChI is InChI=1S/C25H21N3O6/c1-12(29)34-16-10-9-13(11-17(16)33-4)18-19-21(14-7-5-6-8-15(14)22(19)30)26-23-20(18)24(31)28(3)25(32)27(23)2/h5-11,18,30H,1-4H3/p+1. The molecule has 2 aromatic carbocycles. The van der Waals surface area contributed by atoms with Gasteiger partial charge in [0, 0.05) is 25.1 Å². The molecule has 1 aliphatic heterocycles. The van der Waals surface area contributed by atoms with Gasteiger partial charge in [-0.25, -0.2) is 14.4 Å². The minimum atomic E-state index is -0.718. The highest BCUT2D eigenvalue weighted by Gasteiger charge is 2.44. The Hall–Kier alpha value is -4.40. The number of nitrogens with zero attached hydrogens (tertiary/aromatic N) is 2. The first-order valence-corrected chi connectivity index (χ1v) is 10.6. The predicted octanol–water partition coefficient (Wildman–Crippen LogP) is 0.648. The molecule has 2 aliphatic rings. The normalized spacial score (nSPS) is 15.9. The number of nitrogens with one attached hydrogen (secondary N) is 1. The number of rotatable bonds is 3. The van der Waals surface area contributed by atoms with Crippen LogP contribution in [0, 0.1) is 0 Å². The van der Waals surface area contributed by atoms with E-state index in [1.165, 1.54) is 25.6 Å². The monoisotopic (exact) mass is 460 g/mol. The summed E-state index contributed by atoms with van der Waals surface area (Å²) in [4.78, 5) is 40.8. The summed E-state index contributed by atoms with van der Waals surface area (Å²) in [6.45, 7) is 1.29. The van der Waals surface area contributed by atoms with E-state index >= 15 is 0 Å². The highest BCUT2D eigenvalue weighted by Crippen LogP contribution is 2.45. The minimum Gasteiger partial charge on any atom is -0.507 e. The van der Waals surface area contributed by atoms with Gasteiger partial charge in [-0.1, -0.05) is 24.3 Å². The van der Waals surface area contributed by atoms with Crippen LogP contribution in [0.1, 0.15) is 35.1 Å². The molecule has 1 aromatic heterocycles. The van der Waals surface area contributed by atoms with Crippen LogP contribution in [0.25, 0.3) is 5.76 Å². The van der Waals surface area contributed by atoms with Gasteiger partial charge in [-0.2, -0.15) is 4.57 Å². The number of hydrogen-bond donors (Lipinski definition) is 2. The van der Waals surface area contributed by atoms with Crippen LogP contribution < -0.4 is 25.7 Å². The highest BCUT2D eigenvalue weighted by atomic mass is 16.6. The predicted molar refractivity (Wildman–Crippen MR) is 124 cm³/mol. The number of allylic oxidation sites excluding steroid dienone is 1. The molecular formula is C25H22N3O6+. The second kappa shape index (κ2) is 7.58. The molecule has 0 radical (unpaired) electrons. The molecule has 1 atom stereocenters. The summed E-state index contributed by atoms with van der Waals surface area (Å²) in [5.74, 6) is -0.282. The van der Waals surface area contributed by atoms with E-state index in [1.807, 2.05) is 18.2 Å². The fourth-order valence-electron chi connectivity index (χ4n) is 4.71. The number of aliphatic hydroxyl groups excluding tert-OH is 1. The summed E-state index contributed by atoms with van der Waals surface area (Å²) in [6, 6.07) is 12.3. The van der Waals surface area contributed by atoms with Crippen molar-refractivity contribution in [2.24, 2.45) is 14.1 Å². The number of aliphatic hydroxyl groups is 1. The molecule has 172 valence electrons. The van der Waals surface area contributed by atoms with Crippen LogP contribution in [0.3, 0.4) is 0 Å².